The highest BCUT2D eigenvalue weighted by Crippen LogP contribution is 2.27. The van der Waals surface area contributed by atoms with E-state index in [0.717, 1.165) is 37.6 Å². The van der Waals surface area contributed by atoms with Crippen molar-refractivity contribution in [1.29, 1.82) is 5.26 Å². The molecule has 2 aromatic carbocycles. The SMILES string of the molecule is C[C@@H](O)CN1CCN(c2ccc(Nc3cc4c(ccn4S(=O)(=O)c4ccccc4C#N)cn3)cc2)CC1. The number of fused-ring (bicyclic) bond motifs is 1. The highest BCUT2D eigenvalue weighted by Gasteiger charge is 2.23. The minimum absolute atomic E-state index is 0.0383. The molecule has 1 atom stereocenters. The summed E-state index contributed by atoms with van der Waals surface area (Å²) in [7, 11) is -3.97. The van der Waals surface area contributed by atoms with Gasteiger partial charge in [-0.05, 0) is 49.4 Å². The van der Waals surface area contributed by atoms with Gasteiger partial charge in [0, 0.05) is 67.9 Å². The number of aliphatic hydroxyl groups is 1. The molecule has 1 saturated heterocycles. The lowest BCUT2D eigenvalue weighted by atomic mass is 10.2. The molecule has 2 aromatic heterocycles. The Bertz CT molecular complexity index is 1550. The molecule has 190 valence electrons. The van der Waals surface area contributed by atoms with Crippen molar-refractivity contribution in [3.8, 4) is 6.07 Å². The third kappa shape index (κ3) is 5.15. The van der Waals surface area contributed by atoms with Crippen LogP contribution in [0.3, 0.4) is 0 Å². The van der Waals surface area contributed by atoms with E-state index in [0.29, 0.717) is 23.3 Å². The summed E-state index contributed by atoms with van der Waals surface area (Å²) in [6.07, 6.45) is 2.79. The summed E-state index contributed by atoms with van der Waals surface area (Å²) in [6.45, 7) is 6.14. The number of nitrogens with zero attached hydrogens (tertiary/aromatic N) is 5. The molecule has 4 aromatic rings. The van der Waals surface area contributed by atoms with E-state index in [2.05, 4.69) is 32.2 Å². The van der Waals surface area contributed by atoms with Gasteiger partial charge in [-0.2, -0.15) is 5.26 Å². The Hall–Kier alpha value is -3.91. The topological polar surface area (TPSA) is 114 Å². The van der Waals surface area contributed by atoms with Crippen LogP contribution in [0.2, 0.25) is 0 Å². The lowest BCUT2D eigenvalue weighted by Crippen LogP contribution is -2.48. The molecule has 0 spiro atoms. The first-order chi connectivity index (χ1) is 17.8. The van der Waals surface area contributed by atoms with E-state index in [-0.39, 0.29) is 16.6 Å². The maximum atomic E-state index is 13.4. The summed E-state index contributed by atoms with van der Waals surface area (Å²) in [4.78, 5) is 9.00. The van der Waals surface area contributed by atoms with Crippen molar-refractivity contribution < 1.29 is 13.5 Å². The first kappa shape index (κ1) is 24.8. The van der Waals surface area contributed by atoms with Gasteiger partial charge in [-0.15, -0.1) is 0 Å². The van der Waals surface area contributed by atoms with E-state index < -0.39 is 10.0 Å². The molecule has 0 amide bonds. The van der Waals surface area contributed by atoms with Crippen LogP contribution in [0.5, 0.6) is 0 Å². The lowest BCUT2D eigenvalue weighted by Gasteiger charge is -2.36. The third-order valence-electron chi connectivity index (χ3n) is 6.48. The predicted molar refractivity (Wildman–Crippen MR) is 144 cm³/mol. The van der Waals surface area contributed by atoms with Gasteiger partial charge in [-0.3, -0.25) is 4.90 Å². The van der Waals surface area contributed by atoms with Gasteiger partial charge in [-0.25, -0.2) is 17.4 Å². The first-order valence-electron chi connectivity index (χ1n) is 12.1. The smallest absolute Gasteiger partial charge is 0.269 e. The first-order valence-corrected chi connectivity index (χ1v) is 13.5. The zero-order valence-electron chi connectivity index (χ0n) is 20.4. The number of rotatable bonds is 7. The molecular formula is C27H28N6O3S. The number of β-amino-alcohol motifs (C(OH)–C–C–N with tert-alkyl or cyclic N) is 1. The van der Waals surface area contributed by atoms with Crippen LogP contribution in [-0.4, -0.2) is 66.2 Å². The Morgan fingerprint density at radius 1 is 1.08 bits per heavy atom. The zero-order valence-corrected chi connectivity index (χ0v) is 21.3. The average molecular weight is 517 g/mol. The van der Waals surface area contributed by atoms with E-state index in [1.165, 1.54) is 22.3 Å². The fourth-order valence-corrected chi connectivity index (χ4v) is 6.13. The van der Waals surface area contributed by atoms with Gasteiger partial charge >= 0.3 is 0 Å². The van der Waals surface area contributed by atoms with Crippen LogP contribution in [0.15, 0.2) is 78.0 Å². The Morgan fingerprint density at radius 3 is 2.51 bits per heavy atom. The number of aromatic nitrogens is 2. The second kappa shape index (κ2) is 10.2. The van der Waals surface area contributed by atoms with Crippen LogP contribution in [0, 0.1) is 11.3 Å². The van der Waals surface area contributed by atoms with Gasteiger partial charge in [0.05, 0.1) is 17.2 Å². The van der Waals surface area contributed by atoms with E-state index in [4.69, 9.17) is 0 Å². The van der Waals surface area contributed by atoms with Gasteiger partial charge < -0.3 is 15.3 Å². The molecule has 0 unspecified atom stereocenters. The van der Waals surface area contributed by atoms with Crippen molar-refractivity contribution in [1.82, 2.24) is 13.9 Å². The van der Waals surface area contributed by atoms with Crippen LogP contribution >= 0.6 is 0 Å². The Kier molecular flexibility index (Phi) is 6.84. The summed E-state index contributed by atoms with van der Waals surface area (Å²) in [5.41, 5.74) is 2.53. The molecule has 1 aliphatic heterocycles. The quantitative estimate of drug-likeness (QED) is 0.384. The van der Waals surface area contributed by atoms with E-state index >= 15 is 0 Å². The van der Waals surface area contributed by atoms with Gasteiger partial charge in [0.2, 0.25) is 0 Å². The number of piperazine rings is 1. The molecule has 0 saturated carbocycles. The minimum Gasteiger partial charge on any atom is -0.392 e. The van der Waals surface area contributed by atoms with Gasteiger partial charge in [0.1, 0.15) is 16.8 Å². The number of anilines is 3. The van der Waals surface area contributed by atoms with Crippen LogP contribution < -0.4 is 10.2 Å². The maximum absolute atomic E-state index is 13.4. The van der Waals surface area contributed by atoms with Crippen molar-refractivity contribution in [2.45, 2.75) is 17.9 Å². The molecule has 5 rings (SSSR count). The Labute approximate surface area is 216 Å². The standard InChI is InChI=1S/C27H28N6O3S/c1-20(34)19-31-12-14-32(15-13-31)24-8-6-23(7-9-24)30-27-16-25-22(18-29-27)10-11-33(25)37(35,36)26-5-3-2-4-21(26)17-28/h2-11,16,18,20,34H,12-15,19H2,1H3,(H,29,30)/t20-/m1/s1. The van der Waals surface area contributed by atoms with Crippen molar-refractivity contribution >= 4 is 38.1 Å². The third-order valence-corrected chi connectivity index (χ3v) is 8.23. The van der Waals surface area contributed by atoms with Crippen molar-refractivity contribution in [3.05, 3.63) is 78.6 Å². The number of nitrogens with one attached hydrogen (secondary N) is 1. The summed E-state index contributed by atoms with van der Waals surface area (Å²) in [5.74, 6) is 0.510. The lowest BCUT2D eigenvalue weighted by molar-refractivity contribution is 0.123. The number of pyridine rings is 1. The van der Waals surface area contributed by atoms with Gasteiger partial charge in [-0.1, -0.05) is 12.1 Å². The second-order valence-corrected chi connectivity index (χ2v) is 10.9. The van der Waals surface area contributed by atoms with E-state index in [9.17, 15) is 18.8 Å². The fourth-order valence-electron chi connectivity index (χ4n) is 4.64. The van der Waals surface area contributed by atoms with Crippen LogP contribution in [0.4, 0.5) is 17.2 Å². The van der Waals surface area contributed by atoms with E-state index in [1.807, 2.05) is 25.1 Å². The number of benzene rings is 2. The van der Waals surface area contributed by atoms with Crippen molar-refractivity contribution in [2.24, 2.45) is 0 Å². The van der Waals surface area contributed by atoms with Crippen molar-refractivity contribution in [2.75, 3.05) is 42.9 Å². The van der Waals surface area contributed by atoms with Crippen LogP contribution in [0.25, 0.3) is 10.9 Å². The molecule has 37 heavy (non-hydrogen) atoms. The number of hydrogen-bond acceptors (Lipinski definition) is 8. The van der Waals surface area contributed by atoms with Crippen molar-refractivity contribution in [3.63, 3.8) is 0 Å². The summed E-state index contributed by atoms with van der Waals surface area (Å²) < 4.78 is 27.9. The number of hydrogen-bond donors (Lipinski definition) is 2. The summed E-state index contributed by atoms with van der Waals surface area (Å²) >= 11 is 0. The second-order valence-electron chi connectivity index (χ2n) is 9.16. The summed E-state index contributed by atoms with van der Waals surface area (Å²) in [6, 6.07) is 19.6. The van der Waals surface area contributed by atoms with Gasteiger partial charge in [0.25, 0.3) is 10.0 Å². The molecule has 2 N–H and O–H groups in total. The largest absolute Gasteiger partial charge is 0.392 e. The molecule has 3 heterocycles. The predicted octanol–water partition coefficient (Wildman–Crippen LogP) is 3.39. The normalized spacial score (nSPS) is 15.4. The van der Waals surface area contributed by atoms with E-state index in [1.54, 1.807) is 30.5 Å². The molecule has 0 bridgehead atoms. The molecule has 9 nitrogen and oxygen atoms in total. The molecular weight excluding hydrogens is 488 g/mol. The van der Waals surface area contributed by atoms with Crippen LogP contribution in [-0.2, 0) is 10.0 Å². The van der Waals surface area contributed by atoms with Gasteiger partial charge in [0.15, 0.2) is 0 Å². The minimum atomic E-state index is -3.97. The molecule has 0 aliphatic carbocycles. The molecule has 1 fully saturated rings. The Balaban J connectivity index is 1.34. The zero-order chi connectivity index (χ0) is 26.0. The summed E-state index contributed by atoms with van der Waals surface area (Å²) in [5, 5.41) is 22.9. The fraction of sp³-hybridized carbons (Fsp3) is 0.259. The highest BCUT2D eigenvalue weighted by atomic mass is 32.2. The molecule has 10 heteroatoms. The van der Waals surface area contributed by atoms with Crippen LogP contribution in [0.1, 0.15) is 12.5 Å². The molecule has 1 aliphatic rings. The number of aliphatic hydroxyl groups excluding tert-OH is 1. The number of nitriles is 1. The molecule has 0 radical (unpaired) electrons. The Morgan fingerprint density at radius 2 is 1.81 bits per heavy atom. The maximum Gasteiger partial charge on any atom is 0.269 e. The highest BCUT2D eigenvalue weighted by molar-refractivity contribution is 7.90. The monoisotopic (exact) mass is 516 g/mol. The average Bonchev–Trinajstić information content (AvgIpc) is 3.33.